The second kappa shape index (κ2) is 5.67. The van der Waals surface area contributed by atoms with Crippen LogP contribution in [0.5, 0.6) is 0 Å². The summed E-state index contributed by atoms with van der Waals surface area (Å²) in [6.45, 7) is 0.601. The Kier molecular flexibility index (Phi) is 4.44. The summed E-state index contributed by atoms with van der Waals surface area (Å²) in [5.41, 5.74) is 0. The Morgan fingerprint density at radius 3 is 2.35 bits per heavy atom. The van der Waals surface area contributed by atoms with Crippen LogP contribution in [0.1, 0.15) is 44.9 Å². The molecule has 1 N–H and O–H groups in total. The zero-order valence-corrected chi connectivity index (χ0v) is 11.5. The van der Waals surface area contributed by atoms with Crippen molar-refractivity contribution in [3.63, 3.8) is 0 Å². The van der Waals surface area contributed by atoms with Crippen molar-refractivity contribution in [2.45, 2.75) is 57.0 Å². The van der Waals surface area contributed by atoms with Crippen LogP contribution in [0.2, 0.25) is 0 Å². The Balaban J connectivity index is 1.79. The maximum Gasteiger partial charge on any atom is 0.215 e. The summed E-state index contributed by atoms with van der Waals surface area (Å²) >= 11 is 0. The van der Waals surface area contributed by atoms with Crippen LogP contribution >= 0.6 is 0 Å². The average molecular weight is 260 g/mol. The van der Waals surface area contributed by atoms with Crippen LogP contribution in [0.4, 0.5) is 0 Å². The van der Waals surface area contributed by atoms with E-state index in [2.05, 4.69) is 5.32 Å². The molecule has 0 radical (unpaired) electrons. The van der Waals surface area contributed by atoms with Gasteiger partial charge < -0.3 is 5.32 Å². The lowest BCUT2D eigenvalue weighted by Crippen LogP contribution is -2.41. The van der Waals surface area contributed by atoms with Gasteiger partial charge in [-0.2, -0.15) is 0 Å². The van der Waals surface area contributed by atoms with Gasteiger partial charge in [-0.3, -0.25) is 0 Å². The number of nitrogens with one attached hydrogen (secondary N) is 1. The first kappa shape index (κ1) is 13.3. The van der Waals surface area contributed by atoms with Crippen LogP contribution in [0.15, 0.2) is 0 Å². The Bertz CT molecular complexity index is 332. The maximum atomic E-state index is 12.1. The van der Waals surface area contributed by atoms with Gasteiger partial charge >= 0.3 is 0 Å². The molecule has 0 aliphatic heterocycles. The number of hydrogen-bond acceptors (Lipinski definition) is 3. The Morgan fingerprint density at radius 2 is 1.76 bits per heavy atom. The molecule has 2 rings (SSSR count). The van der Waals surface area contributed by atoms with Crippen molar-refractivity contribution in [3.05, 3.63) is 0 Å². The highest BCUT2D eigenvalue weighted by molar-refractivity contribution is 7.89. The van der Waals surface area contributed by atoms with E-state index in [1.54, 1.807) is 11.4 Å². The molecule has 0 aromatic rings. The predicted molar refractivity (Wildman–Crippen MR) is 69.4 cm³/mol. The third kappa shape index (κ3) is 3.93. The first-order chi connectivity index (χ1) is 8.09. The third-order valence-corrected chi connectivity index (χ3v) is 5.79. The van der Waals surface area contributed by atoms with Gasteiger partial charge in [-0.05, 0) is 25.7 Å². The van der Waals surface area contributed by atoms with Crippen molar-refractivity contribution in [2.24, 2.45) is 0 Å². The summed E-state index contributed by atoms with van der Waals surface area (Å²) < 4.78 is 25.9. The van der Waals surface area contributed by atoms with E-state index in [1.807, 2.05) is 0 Å². The van der Waals surface area contributed by atoms with Gasteiger partial charge in [0.2, 0.25) is 10.0 Å². The first-order valence-electron chi connectivity index (χ1n) is 6.79. The molecule has 0 bridgehead atoms. The summed E-state index contributed by atoms with van der Waals surface area (Å²) in [7, 11) is -1.30. The van der Waals surface area contributed by atoms with Crippen LogP contribution in [-0.2, 0) is 10.0 Å². The Morgan fingerprint density at radius 1 is 1.12 bits per heavy atom. The van der Waals surface area contributed by atoms with Crippen molar-refractivity contribution < 1.29 is 8.42 Å². The smallest absolute Gasteiger partial charge is 0.215 e. The van der Waals surface area contributed by atoms with Crippen LogP contribution in [-0.4, -0.2) is 44.2 Å². The second-order valence-corrected chi connectivity index (χ2v) is 7.50. The molecule has 2 aliphatic rings. The fraction of sp³-hybridized carbons (Fsp3) is 1.00. The lowest BCUT2D eigenvalue weighted by atomic mass is 9.96. The van der Waals surface area contributed by atoms with E-state index < -0.39 is 10.0 Å². The summed E-state index contributed by atoms with van der Waals surface area (Å²) in [4.78, 5) is 0. The van der Waals surface area contributed by atoms with Crippen molar-refractivity contribution >= 4 is 10.0 Å². The van der Waals surface area contributed by atoms with Crippen LogP contribution in [0.25, 0.3) is 0 Å². The molecule has 0 spiro atoms. The molecule has 17 heavy (non-hydrogen) atoms. The van der Waals surface area contributed by atoms with Gasteiger partial charge in [0, 0.05) is 25.7 Å². The minimum Gasteiger partial charge on any atom is -0.313 e. The maximum absolute atomic E-state index is 12.1. The molecule has 2 fully saturated rings. The van der Waals surface area contributed by atoms with E-state index in [4.69, 9.17) is 0 Å². The molecule has 100 valence electrons. The molecule has 0 amide bonds. The van der Waals surface area contributed by atoms with Crippen molar-refractivity contribution in [3.8, 4) is 0 Å². The molecule has 0 unspecified atom stereocenters. The highest BCUT2D eigenvalue weighted by Gasteiger charge is 2.28. The van der Waals surface area contributed by atoms with E-state index in [9.17, 15) is 8.42 Å². The fourth-order valence-electron chi connectivity index (χ4n) is 2.50. The largest absolute Gasteiger partial charge is 0.313 e. The normalized spacial score (nSPS) is 23.2. The predicted octanol–water partition coefficient (Wildman–Crippen LogP) is 1.33. The highest BCUT2D eigenvalue weighted by atomic mass is 32.2. The number of hydrogen-bond donors (Lipinski definition) is 1. The van der Waals surface area contributed by atoms with Gasteiger partial charge in [-0.1, -0.05) is 19.3 Å². The topological polar surface area (TPSA) is 49.4 Å². The molecule has 4 nitrogen and oxygen atoms in total. The zero-order chi connectivity index (χ0) is 12.3. The lowest BCUT2D eigenvalue weighted by Gasteiger charge is -2.30. The molecule has 0 atom stereocenters. The van der Waals surface area contributed by atoms with E-state index in [0.29, 0.717) is 12.6 Å². The molecule has 2 saturated carbocycles. The summed E-state index contributed by atoms with van der Waals surface area (Å²) in [5, 5.41) is 3.26. The van der Waals surface area contributed by atoms with Crippen molar-refractivity contribution in [1.82, 2.24) is 9.62 Å². The van der Waals surface area contributed by atoms with E-state index in [1.165, 1.54) is 32.1 Å². The number of rotatable bonds is 6. The molecule has 2 aliphatic carbocycles. The third-order valence-electron chi connectivity index (χ3n) is 3.90. The van der Waals surface area contributed by atoms with Gasteiger partial charge in [0.15, 0.2) is 0 Å². The van der Waals surface area contributed by atoms with Gasteiger partial charge in [-0.15, -0.1) is 0 Å². The summed E-state index contributed by atoms with van der Waals surface area (Å²) in [6.07, 6.45) is 8.08. The van der Waals surface area contributed by atoms with E-state index >= 15 is 0 Å². The molecular weight excluding hydrogens is 236 g/mol. The zero-order valence-electron chi connectivity index (χ0n) is 10.7. The molecule has 5 heteroatoms. The summed E-state index contributed by atoms with van der Waals surface area (Å²) in [5.74, 6) is 0.247. The highest BCUT2D eigenvalue weighted by Crippen LogP contribution is 2.23. The Labute approximate surface area is 105 Å². The van der Waals surface area contributed by atoms with Gasteiger partial charge in [-0.25, -0.2) is 12.7 Å². The minimum atomic E-state index is -3.06. The van der Waals surface area contributed by atoms with Crippen LogP contribution in [0.3, 0.4) is 0 Å². The van der Waals surface area contributed by atoms with E-state index in [-0.39, 0.29) is 11.8 Å². The molecule has 0 saturated heterocycles. The fourth-order valence-corrected chi connectivity index (χ4v) is 3.82. The van der Waals surface area contributed by atoms with Crippen molar-refractivity contribution in [2.75, 3.05) is 19.3 Å². The molecule has 0 heterocycles. The van der Waals surface area contributed by atoms with Crippen LogP contribution < -0.4 is 5.32 Å². The minimum absolute atomic E-state index is 0.245. The summed E-state index contributed by atoms with van der Waals surface area (Å²) in [6, 6.07) is 0.833. The van der Waals surface area contributed by atoms with Gasteiger partial charge in [0.1, 0.15) is 0 Å². The monoisotopic (exact) mass is 260 g/mol. The van der Waals surface area contributed by atoms with Crippen LogP contribution in [0, 0.1) is 0 Å². The van der Waals surface area contributed by atoms with Gasteiger partial charge in [0.05, 0.1) is 5.75 Å². The molecule has 0 aromatic heterocycles. The average Bonchev–Trinajstić information content (AvgIpc) is 3.13. The quantitative estimate of drug-likeness (QED) is 0.784. The van der Waals surface area contributed by atoms with E-state index in [0.717, 1.165) is 12.8 Å². The first-order valence-corrected chi connectivity index (χ1v) is 8.39. The lowest BCUT2D eigenvalue weighted by molar-refractivity contribution is 0.285. The number of sulfonamides is 1. The SMILES string of the molecule is CN(C1CCCCC1)S(=O)(=O)CCNC1CC1. The standard InChI is InChI=1S/C12H24N2O2S/c1-14(12-5-3-2-4-6-12)17(15,16)10-9-13-11-7-8-11/h11-13H,2-10H2,1H3. The number of nitrogens with zero attached hydrogens (tertiary/aromatic N) is 1. The van der Waals surface area contributed by atoms with Crippen molar-refractivity contribution in [1.29, 1.82) is 0 Å². The van der Waals surface area contributed by atoms with Gasteiger partial charge in [0.25, 0.3) is 0 Å². The molecule has 0 aromatic carbocycles. The Hall–Kier alpha value is -0.130. The molecular formula is C12H24N2O2S. The second-order valence-electron chi connectivity index (χ2n) is 5.35.